The van der Waals surface area contributed by atoms with Gasteiger partial charge in [0.05, 0.1) is 17.3 Å². The van der Waals surface area contributed by atoms with Crippen LogP contribution in [0.1, 0.15) is 9.67 Å². The number of carbonyl (C=O) groups excluding carboxylic acids is 2. The quantitative estimate of drug-likeness (QED) is 0.281. The number of hydrogen-bond donors (Lipinski definition) is 1. The zero-order valence-corrected chi connectivity index (χ0v) is 23.0. The predicted molar refractivity (Wildman–Crippen MR) is 148 cm³/mol. The van der Waals surface area contributed by atoms with Gasteiger partial charge in [-0.25, -0.2) is 4.98 Å². The lowest BCUT2D eigenvalue weighted by atomic mass is 10.2. The average Bonchev–Trinajstić information content (AvgIpc) is 3.43. The maximum Gasteiger partial charge on any atom is 0.265 e. The number of aromatic nitrogens is 1. The Morgan fingerprint density at radius 1 is 1.06 bits per heavy atom. The SMILES string of the molecule is O=C(CN1CCN(C(=O)c2sc3cc(Cl)ccc3c2Cl)CC1)Nc1nc(-c2ccc(Br)cc2)cs1. The zero-order chi connectivity index (χ0) is 24.5. The second-order valence-electron chi connectivity index (χ2n) is 8.05. The molecule has 0 saturated carbocycles. The van der Waals surface area contributed by atoms with Gasteiger partial charge < -0.3 is 10.2 Å². The van der Waals surface area contributed by atoms with E-state index in [4.69, 9.17) is 23.2 Å². The third kappa shape index (κ3) is 5.55. The molecule has 2 aromatic heterocycles. The van der Waals surface area contributed by atoms with Crippen molar-refractivity contribution in [2.24, 2.45) is 0 Å². The van der Waals surface area contributed by atoms with Crippen LogP contribution >= 0.6 is 61.8 Å². The number of nitrogens with one attached hydrogen (secondary N) is 1. The lowest BCUT2D eigenvalue weighted by molar-refractivity contribution is -0.117. The number of amides is 2. The number of benzene rings is 2. The topological polar surface area (TPSA) is 65.5 Å². The van der Waals surface area contributed by atoms with E-state index < -0.39 is 0 Å². The van der Waals surface area contributed by atoms with Gasteiger partial charge in [0.15, 0.2) is 5.13 Å². The van der Waals surface area contributed by atoms with Crippen molar-refractivity contribution >= 4 is 88.8 Å². The zero-order valence-electron chi connectivity index (χ0n) is 18.3. The third-order valence-corrected chi connectivity index (χ3v) is 8.87. The highest BCUT2D eigenvalue weighted by atomic mass is 79.9. The first-order valence-corrected chi connectivity index (χ1v) is 14.0. The number of piperazine rings is 1. The number of anilines is 1. The highest BCUT2D eigenvalue weighted by molar-refractivity contribution is 9.10. The van der Waals surface area contributed by atoms with Gasteiger partial charge in [0, 0.05) is 56.7 Å². The van der Waals surface area contributed by atoms with E-state index in [0.717, 1.165) is 25.8 Å². The number of carbonyl (C=O) groups is 2. The van der Waals surface area contributed by atoms with Crippen LogP contribution in [0.2, 0.25) is 10.0 Å². The summed E-state index contributed by atoms with van der Waals surface area (Å²) in [4.78, 5) is 34.6. The van der Waals surface area contributed by atoms with E-state index >= 15 is 0 Å². The largest absolute Gasteiger partial charge is 0.335 e. The number of thiophene rings is 1. The molecule has 0 radical (unpaired) electrons. The summed E-state index contributed by atoms with van der Waals surface area (Å²) >= 11 is 18.8. The number of hydrogen-bond acceptors (Lipinski definition) is 6. The van der Waals surface area contributed by atoms with Gasteiger partial charge >= 0.3 is 0 Å². The molecule has 180 valence electrons. The molecule has 0 bridgehead atoms. The van der Waals surface area contributed by atoms with Gasteiger partial charge in [0.2, 0.25) is 5.91 Å². The average molecular weight is 610 g/mol. The normalized spacial score (nSPS) is 14.4. The second kappa shape index (κ2) is 10.5. The second-order valence-corrected chi connectivity index (χ2v) is 11.7. The maximum atomic E-state index is 13.1. The van der Waals surface area contributed by atoms with Crippen LogP contribution in [0.5, 0.6) is 0 Å². The summed E-state index contributed by atoms with van der Waals surface area (Å²) in [7, 11) is 0. The summed E-state index contributed by atoms with van der Waals surface area (Å²) in [5, 5.41) is 7.31. The Morgan fingerprint density at radius 2 is 1.80 bits per heavy atom. The van der Waals surface area contributed by atoms with Gasteiger partial charge in [0.25, 0.3) is 5.91 Å². The van der Waals surface area contributed by atoms with E-state index in [1.165, 1.54) is 22.7 Å². The number of nitrogens with zero attached hydrogens (tertiary/aromatic N) is 3. The van der Waals surface area contributed by atoms with Crippen molar-refractivity contribution in [1.82, 2.24) is 14.8 Å². The van der Waals surface area contributed by atoms with Crippen LogP contribution in [0, 0.1) is 0 Å². The van der Waals surface area contributed by atoms with Crippen LogP contribution in [-0.2, 0) is 4.79 Å². The van der Waals surface area contributed by atoms with E-state index in [-0.39, 0.29) is 18.4 Å². The Labute approximate surface area is 228 Å². The van der Waals surface area contributed by atoms with Gasteiger partial charge in [-0.3, -0.25) is 14.5 Å². The molecule has 1 aliphatic heterocycles. The van der Waals surface area contributed by atoms with Crippen molar-refractivity contribution in [3.05, 3.63) is 67.2 Å². The number of halogens is 3. The molecule has 1 N–H and O–H groups in total. The van der Waals surface area contributed by atoms with E-state index in [9.17, 15) is 9.59 Å². The molecule has 35 heavy (non-hydrogen) atoms. The van der Waals surface area contributed by atoms with Crippen LogP contribution in [0.3, 0.4) is 0 Å². The fraction of sp³-hybridized carbons (Fsp3) is 0.208. The van der Waals surface area contributed by atoms with Crippen molar-refractivity contribution in [2.75, 3.05) is 38.0 Å². The first kappa shape index (κ1) is 24.7. The summed E-state index contributed by atoms with van der Waals surface area (Å²) in [5.74, 6) is -0.203. The number of rotatable bonds is 5. The van der Waals surface area contributed by atoms with Crippen molar-refractivity contribution in [2.45, 2.75) is 0 Å². The molecule has 6 nitrogen and oxygen atoms in total. The van der Waals surface area contributed by atoms with Gasteiger partial charge in [-0.05, 0) is 24.3 Å². The molecule has 3 heterocycles. The highest BCUT2D eigenvalue weighted by Gasteiger charge is 2.27. The van der Waals surface area contributed by atoms with Gasteiger partial charge in [-0.15, -0.1) is 22.7 Å². The highest BCUT2D eigenvalue weighted by Crippen LogP contribution is 2.37. The van der Waals surface area contributed by atoms with Gasteiger partial charge in [0.1, 0.15) is 4.88 Å². The smallest absolute Gasteiger partial charge is 0.265 e. The monoisotopic (exact) mass is 608 g/mol. The Morgan fingerprint density at radius 3 is 2.54 bits per heavy atom. The Balaban J connectivity index is 1.15. The van der Waals surface area contributed by atoms with E-state index in [2.05, 4.69) is 26.2 Å². The fourth-order valence-electron chi connectivity index (χ4n) is 3.88. The van der Waals surface area contributed by atoms with E-state index in [1.54, 1.807) is 11.0 Å². The molecule has 0 spiro atoms. The lowest BCUT2D eigenvalue weighted by Gasteiger charge is -2.34. The minimum absolute atomic E-state index is 0.0836. The van der Waals surface area contributed by atoms with E-state index in [0.29, 0.717) is 46.2 Å². The van der Waals surface area contributed by atoms with Gasteiger partial charge in [-0.2, -0.15) is 0 Å². The minimum Gasteiger partial charge on any atom is -0.335 e. The Bertz CT molecular complexity index is 1400. The number of thiazole rings is 1. The van der Waals surface area contributed by atoms with Crippen LogP contribution in [0.15, 0.2) is 52.3 Å². The van der Waals surface area contributed by atoms with E-state index in [1.807, 2.05) is 46.7 Å². The molecule has 11 heteroatoms. The molecular formula is C24H19BrCl2N4O2S2. The summed E-state index contributed by atoms with van der Waals surface area (Å²) < 4.78 is 1.90. The molecule has 5 rings (SSSR count). The van der Waals surface area contributed by atoms with Crippen molar-refractivity contribution in [1.29, 1.82) is 0 Å². The van der Waals surface area contributed by atoms with Crippen molar-refractivity contribution in [3.8, 4) is 11.3 Å². The summed E-state index contributed by atoms with van der Waals surface area (Å²) in [6.45, 7) is 2.52. The Hall–Kier alpha value is -2.01. The fourth-order valence-corrected chi connectivity index (χ4v) is 6.63. The predicted octanol–water partition coefficient (Wildman–Crippen LogP) is 6.49. The molecule has 1 saturated heterocycles. The molecule has 0 unspecified atom stereocenters. The molecular weight excluding hydrogens is 591 g/mol. The molecule has 1 fully saturated rings. The molecule has 0 atom stereocenters. The van der Waals surface area contributed by atoms with Crippen molar-refractivity contribution < 1.29 is 9.59 Å². The minimum atomic E-state index is -0.120. The maximum absolute atomic E-state index is 13.1. The van der Waals surface area contributed by atoms with Crippen LogP contribution in [0.4, 0.5) is 5.13 Å². The van der Waals surface area contributed by atoms with Crippen LogP contribution in [-0.4, -0.2) is 59.3 Å². The Kier molecular flexibility index (Phi) is 7.43. The third-order valence-electron chi connectivity index (χ3n) is 5.70. The van der Waals surface area contributed by atoms with Crippen LogP contribution in [0.25, 0.3) is 21.3 Å². The lowest BCUT2D eigenvalue weighted by Crippen LogP contribution is -2.50. The molecule has 1 aliphatic rings. The molecule has 2 amide bonds. The van der Waals surface area contributed by atoms with Crippen LogP contribution < -0.4 is 5.32 Å². The molecule has 2 aromatic carbocycles. The molecule has 0 aliphatic carbocycles. The van der Waals surface area contributed by atoms with Crippen molar-refractivity contribution in [3.63, 3.8) is 0 Å². The molecule has 4 aromatic rings. The first-order chi connectivity index (χ1) is 16.9. The summed E-state index contributed by atoms with van der Waals surface area (Å²) in [6, 6.07) is 13.3. The summed E-state index contributed by atoms with van der Waals surface area (Å²) in [6.07, 6.45) is 0. The first-order valence-electron chi connectivity index (χ1n) is 10.8. The van der Waals surface area contributed by atoms with Gasteiger partial charge in [-0.1, -0.05) is 57.3 Å². The summed E-state index contributed by atoms with van der Waals surface area (Å²) in [5.41, 5.74) is 1.82. The standard InChI is InChI=1S/C24H19BrCl2N4O2S2/c25-15-3-1-14(2-4-15)18-13-34-24(28-18)29-20(32)12-30-7-9-31(10-8-30)23(33)22-21(27)17-6-5-16(26)11-19(17)35-22/h1-6,11,13H,7-10,12H2,(H,28,29,32). The number of fused-ring (bicyclic) bond motifs is 1.